The van der Waals surface area contributed by atoms with E-state index in [1.807, 2.05) is 0 Å². The van der Waals surface area contributed by atoms with Gasteiger partial charge in [-0.3, -0.25) is 0 Å². The lowest BCUT2D eigenvalue weighted by Gasteiger charge is -2.07. The largest absolute Gasteiger partial charge is 0.497 e. The third kappa shape index (κ3) is 3.48. The van der Waals surface area contributed by atoms with Crippen LogP contribution in [0, 0.1) is 0 Å². The Labute approximate surface area is 145 Å². The second kappa shape index (κ2) is 6.60. The Morgan fingerprint density at radius 2 is 2.13 bits per heavy atom. The van der Waals surface area contributed by atoms with Crippen molar-refractivity contribution >= 4 is 39.1 Å². The van der Waals surface area contributed by atoms with Gasteiger partial charge in [0.15, 0.2) is 0 Å². The van der Waals surface area contributed by atoms with Crippen molar-refractivity contribution < 1.29 is 14.3 Å². The molecule has 0 radical (unpaired) electrons. The Bertz CT molecular complexity index is 879. The zero-order chi connectivity index (χ0) is 16.4. The Balaban J connectivity index is 1.75. The topological polar surface area (TPSA) is 52.8 Å². The smallest absolute Gasteiger partial charge is 0.339 e. The predicted molar refractivity (Wildman–Crippen MR) is 90.0 cm³/mol. The van der Waals surface area contributed by atoms with Crippen LogP contribution in [0.15, 0.2) is 47.2 Å². The number of halogens is 2. The number of rotatable bonds is 4. The lowest BCUT2D eigenvalue weighted by Crippen LogP contribution is -2.06. The number of pyridine rings is 1. The molecule has 23 heavy (non-hydrogen) atoms. The number of hydrogen-bond donors (Lipinski definition) is 0. The lowest BCUT2D eigenvalue weighted by atomic mass is 10.2. The number of nitrogens with zero attached hydrogens (tertiary/aromatic N) is 2. The highest BCUT2D eigenvalue weighted by Gasteiger charge is 2.14. The molecule has 3 aromatic rings. The molecule has 0 atom stereocenters. The van der Waals surface area contributed by atoms with E-state index in [1.54, 1.807) is 54.2 Å². The first-order valence-electron chi connectivity index (χ1n) is 6.70. The van der Waals surface area contributed by atoms with E-state index in [4.69, 9.17) is 21.1 Å². The molecule has 0 saturated heterocycles. The molecule has 3 rings (SSSR count). The van der Waals surface area contributed by atoms with Crippen molar-refractivity contribution in [2.45, 2.75) is 6.61 Å². The van der Waals surface area contributed by atoms with Gasteiger partial charge >= 0.3 is 5.97 Å². The monoisotopic (exact) mass is 394 g/mol. The highest BCUT2D eigenvalue weighted by Crippen LogP contribution is 2.23. The number of hydrogen-bond acceptors (Lipinski definition) is 4. The third-order valence-corrected chi connectivity index (χ3v) is 4.12. The molecule has 7 heteroatoms. The molecule has 0 aliphatic carbocycles. The van der Waals surface area contributed by atoms with Crippen molar-refractivity contribution in [1.29, 1.82) is 0 Å². The van der Waals surface area contributed by atoms with Gasteiger partial charge in [0.1, 0.15) is 18.0 Å². The van der Waals surface area contributed by atoms with Crippen LogP contribution in [0.1, 0.15) is 16.1 Å². The molecule has 1 aromatic carbocycles. The van der Waals surface area contributed by atoms with E-state index in [0.717, 1.165) is 5.65 Å². The summed E-state index contributed by atoms with van der Waals surface area (Å²) in [6, 6.07) is 8.67. The highest BCUT2D eigenvalue weighted by molar-refractivity contribution is 9.10. The number of carbonyl (C=O) groups excluding carboxylic acids is 1. The van der Waals surface area contributed by atoms with E-state index in [0.29, 0.717) is 26.5 Å². The summed E-state index contributed by atoms with van der Waals surface area (Å²) in [5, 5.41) is 0.610. The van der Waals surface area contributed by atoms with E-state index < -0.39 is 5.97 Å². The maximum atomic E-state index is 12.2. The summed E-state index contributed by atoms with van der Waals surface area (Å²) < 4.78 is 12.9. The van der Waals surface area contributed by atoms with Crippen LogP contribution in [0.3, 0.4) is 0 Å². The molecular weight excluding hydrogens is 384 g/mol. The summed E-state index contributed by atoms with van der Waals surface area (Å²) in [7, 11) is 1.54. The van der Waals surface area contributed by atoms with Gasteiger partial charge in [0.2, 0.25) is 0 Å². The number of esters is 1. The van der Waals surface area contributed by atoms with Gasteiger partial charge in [-0.1, -0.05) is 11.6 Å². The van der Waals surface area contributed by atoms with Crippen LogP contribution in [0.25, 0.3) is 5.65 Å². The number of ether oxygens (including phenoxy) is 2. The molecule has 0 bridgehead atoms. The van der Waals surface area contributed by atoms with Gasteiger partial charge in [-0.15, -0.1) is 0 Å². The molecule has 0 saturated carbocycles. The van der Waals surface area contributed by atoms with Crippen molar-refractivity contribution in [3.63, 3.8) is 0 Å². The molecule has 0 fully saturated rings. The van der Waals surface area contributed by atoms with Crippen molar-refractivity contribution in [2.24, 2.45) is 0 Å². The van der Waals surface area contributed by atoms with Gasteiger partial charge in [-0.2, -0.15) is 0 Å². The lowest BCUT2D eigenvalue weighted by molar-refractivity contribution is 0.0467. The summed E-state index contributed by atoms with van der Waals surface area (Å²) in [5.41, 5.74) is 1.78. The maximum absolute atomic E-state index is 12.2. The van der Waals surface area contributed by atoms with E-state index >= 15 is 0 Å². The fourth-order valence-corrected chi connectivity index (χ4v) is 2.67. The van der Waals surface area contributed by atoms with Crippen LogP contribution in [0.2, 0.25) is 5.02 Å². The summed E-state index contributed by atoms with van der Waals surface area (Å²) in [6.07, 6.45) is 3.52. The van der Waals surface area contributed by atoms with Gasteiger partial charge in [0, 0.05) is 16.9 Å². The molecule has 0 N–H and O–H groups in total. The van der Waals surface area contributed by atoms with Crippen molar-refractivity contribution in [2.75, 3.05) is 7.11 Å². The number of imidazole rings is 1. The van der Waals surface area contributed by atoms with E-state index in [1.165, 1.54) is 0 Å². The molecular formula is C16H12BrClN2O3. The summed E-state index contributed by atoms with van der Waals surface area (Å²) in [5.74, 6) is 0.133. The molecule has 2 heterocycles. The molecule has 118 valence electrons. The Morgan fingerprint density at radius 3 is 2.91 bits per heavy atom. The minimum atomic E-state index is -0.453. The molecule has 5 nitrogen and oxygen atoms in total. The standard InChI is InChI=1S/C16H12BrClN2O3/c1-22-12-3-4-14(17)13(6-12)16(21)23-9-11-8-20-7-10(18)2-5-15(20)19-11/h2-8H,9H2,1H3. The number of fused-ring (bicyclic) bond motifs is 1. The number of aromatic nitrogens is 2. The van der Waals surface area contributed by atoms with Crippen molar-refractivity contribution in [1.82, 2.24) is 9.38 Å². The molecule has 0 aliphatic heterocycles. The summed E-state index contributed by atoms with van der Waals surface area (Å²) in [6.45, 7) is 0.0712. The van der Waals surface area contributed by atoms with Crippen LogP contribution in [0.5, 0.6) is 5.75 Å². The number of benzene rings is 1. The van der Waals surface area contributed by atoms with Crippen molar-refractivity contribution in [3.05, 3.63) is 63.5 Å². The van der Waals surface area contributed by atoms with E-state index in [9.17, 15) is 4.79 Å². The zero-order valence-electron chi connectivity index (χ0n) is 12.1. The minimum absolute atomic E-state index is 0.0712. The summed E-state index contributed by atoms with van der Waals surface area (Å²) in [4.78, 5) is 16.6. The molecule has 0 amide bonds. The van der Waals surface area contributed by atoms with Crippen LogP contribution in [0.4, 0.5) is 0 Å². The second-order valence-corrected chi connectivity index (χ2v) is 6.06. The fourth-order valence-electron chi connectivity index (χ4n) is 2.09. The van der Waals surface area contributed by atoms with Crippen LogP contribution >= 0.6 is 27.5 Å². The Hall–Kier alpha value is -2.05. The number of methoxy groups -OCH3 is 1. The van der Waals surface area contributed by atoms with Crippen LogP contribution in [-0.2, 0) is 11.3 Å². The van der Waals surface area contributed by atoms with Crippen LogP contribution in [-0.4, -0.2) is 22.5 Å². The molecule has 0 aliphatic rings. The average Bonchev–Trinajstić information content (AvgIpc) is 2.95. The fraction of sp³-hybridized carbons (Fsp3) is 0.125. The number of carbonyl (C=O) groups is 1. The minimum Gasteiger partial charge on any atom is -0.497 e. The van der Waals surface area contributed by atoms with Crippen LogP contribution < -0.4 is 4.74 Å². The predicted octanol–water partition coefficient (Wildman–Crippen LogP) is 4.12. The second-order valence-electron chi connectivity index (χ2n) is 4.77. The van der Waals surface area contributed by atoms with Gasteiger partial charge in [0.05, 0.1) is 23.4 Å². The third-order valence-electron chi connectivity index (χ3n) is 3.21. The van der Waals surface area contributed by atoms with Crippen molar-refractivity contribution in [3.8, 4) is 5.75 Å². The van der Waals surface area contributed by atoms with E-state index in [-0.39, 0.29) is 6.61 Å². The van der Waals surface area contributed by atoms with Gasteiger partial charge < -0.3 is 13.9 Å². The normalized spacial score (nSPS) is 10.7. The van der Waals surface area contributed by atoms with Gasteiger partial charge in [-0.05, 0) is 46.3 Å². The molecule has 2 aromatic heterocycles. The van der Waals surface area contributed by atoms with Gasteiger partial charge in [-0.25, -0.2) is 9.78 Å². The Morgan fingerprint density at radius 1 is 1.30 bits per heavy atom. The zero-order valence-corrected chi connectivity index (χ0v) is 14.5. The molecule has 0 spiro atoms. The first-order valence-corrected chi connectivity index (χ1v) is 7.88. The highest BCUT2D eigenvalue weighted by atomic mass is 79.9. The van der Waals surface area contributed by atoms with E-state index in [2.05, 4.69) is 20.9 Å². The Kier molecular flexibility index (Phi) is 4.54. The first-order chi connectivity index (χ1) is 11.1. The van der Waals surface area contributed by atoms with Gasteiger partial charge in [0.25, 0.3) is 0 Å². The molecule has 0 unspecified atom stereocenters. The summed E-state index contributed by atoms with van der Waals surface area (Å²) >= 11 is 9.26. The maximum Gasteiger partial charge on any atom is 0.339 e. The quantitative estimate of drug-likeness (QED) is 0.624. The SMILES string of the molecule is COc1ccc(Br)c(C(=O)OCc2cn3cc(Cl)ccc3n2)c1. The average molecular weight is 396 g/mol. The first kappa shape index (κ1) is 15.8.